The molecule has 1 amide bonds. The Hall–Kier alpha value is -2.93. The fourth-order valence-corrected chi connectivity index (χ4v) is 6.93. The minimum atomic E-state index is -3.59. The van der Waals surface area contributed by atoms with E-state index in [1.807, 2.05) is 12.1 Å². The van der Waals surface area contributed by atoms with Crippen molar-refractivity contribution in [3.8, 4) is 11.5 Å². The molecule has 36 heavy (non-hydrogen) atoms. The molecule has 0 unspecified atom stereocenters. The number of methoxy groups -OCH3 is 2. The lowest BCUT2D eigenvalue weighted by atomic mass is 10.2. The van der Waals surface area contributed by atoms with Gasteiger partial charge in [-0.05, 0) is 36.4 Å². The zero-order chi connectivity index (χ0) is 25.3. The van der Waals surface area contributed by atoms with Crippen molar-refractivity contribution in [2.75, 3.05) is 71.6 Å². The number of hydrogen-bond acceptors (Lipinski definition) is 9. The first kappa shape index (κ1) is 24.8. The molecule has 0 aliphatic carbocycles. The third-order valence-electron chi connectivity index (χ3n) is 6.45. The van der Waals surface area contributed by atoms with Crippen LogP contribution in [0.5, 0.6) is 11.5 Å². The molecule has 12 heteroatoms. The topological polar surface area (TPSA) is 102 Å². The van der Waals surface area contributed by atoms with E-state index in [9.17, 15) is 13.2 Å². The summed E-state index contributed by atoms with van der Waals surface area (Å²) in [5.41, 5.74) is 1.24. The van der Waals surface area contributed by atoms with E-state index in [2.05, 4.69) is 4.90 Å². The molecule has 1 aromatic heterocycles. The Balaban J connectivity index is 1.25. The Kier molecular flexibility index (Phi) is 7.02. The summed E-state index contributed by atoms with van der Waals surface area (Å²) in [6.07, 6.45) is 0. The molecule has 2 aliphatic rings. The summed E-state index contributed by atoms with van der Waals surface area (Å²) >= 11 is 1.54. The molecular formula is C24H28N4O6S2. The molecule has 2 aliphatic heterocycles. The molecule has 0 bridgehead atoms. The highest BCUT2D eigenvalue weighted by atomic mass is 32.2. The number of sulfonamides is 1. The second-order valence-corrected chi connectivity index (χ2v) is 11.4. The number of amides is 1. The average molecular weight is 533 g/mol. The second-order valence-electron chi connectivity index (χ2n) is 8.46. The number of carbonyl (C=O) groups is 1. The zero-order valence-electron chi connectivity index (χ0n) is 20.2. The van der Waals surface area contributed by atoms with E-state index in [1.54, 1.807) is 42.6 Å². The van der Waals surface area contributed by atoms with Crippen molar-refractivity contribution in [1.29, 1.82) is 0 Å². The molecule has 0 saturated carbocycles. The zero-order valence-corrected chi connectivity index (χ0v) is 21.8. The van der Waals surface area contributed by atoms with Crippen LogP contribution in [0.1, 0.15) is 10.4 Å². The van der Waals surface area contributed by atoms with Gasteiger partial charge in [-0.25, -0.2) is 13.4 Å². The van der Waals surface area contributed by atoms with E-state index in [-0.39, 0.29) is 10.8 Å². The van der Waals surface area contributed by atoms with Crippen molar-refractivity contribution in [2.45, 2.75) is 4.90 Å². The van der Waals surface area contributed by atoms with Crippen molar-refractivity contribution >= 4 is 42.6 Å². The van der Waals surface area contributed by atoms with Gasteiger partial charge in [0.25, 0.3) is 5.91 Å². The van der Waals surface area contributed by atoms with E-state index in [0.29, 0.717) is 63.8 Å². The van der Waals surface area contributed by atoms with Gasteiger partial charge in [0.1, 0.15) is 21.7 Å². The molecule has 3 heterocycles. The van der Waals surface area contributed by atoms with Crippen LogP contribution < -0.4 is 14.4 Å². The summed E-state index contributed by atoms with van der Waals surface area (Å²) in [6.45, 7) is 3.80. The van der Waals surface area contributed by atoms with Crippen LogP contribution in [0.25, 0.3) is 10.2 Å². The number of morpholine rings is 1. The number of fused-ring (bicyclic) bond motifs is 1. The van der Waals surface area contributed by atoms with Gasteiger partial charge in [-0.2, -0.15) is 4.31 Å². The van der Waals surface area contributed by atoms with Crippen LogP contribution in [-0.2, 0) is 14.8 Å². The van der Waals surface area contributed by atoms with Crippen molar-refractivity contribution in [2.24, 2.45) is 0 Å². The van der Waals surface area contributed by atoms with Crippen molar-refractivity contribution in [1.82, 2.24) is 14.2 Å². The third-order valence-corrected chi connectivity index (χ3v) is 9.49. The minimum absolute atomic E-state index is 0.113. The number of rotatable bonds is 6. The highest BCUT2D eigenvalue weighted by Crippen LogP contribution is 2.40. The van der Waals surface area contributed by atoms with Crippen LogP contribution in [0, 0.1) is 0 Å². The number of hydrogen-bond donors (Lipinski definition) is 0. The normalized spacial score (nSPS) is 17.4. The van der Waals surface area contributed by atoms with Crippen LogP contribution in [0.15, 0.2) is 41.3 Å². The molecule has 10 nitrogen and oxygen atoms in total. The Bertz CT molecular complexity index is 1300. The molecule has 2 saturated heterocycles. The standard InChI is InChI=1S/C24H28N4O6S2/c1-32-19-7-8-20(33-2)22-21(19)25-24(35-22)27-11-9-26(10-12-27)23(29)17-3-5-18(6-4-17)36(30,31)28-13-15-34-16-14-28/h3-8H,9-16H2,1-2H3. The number of nitrogens with zero attached hydrogens (tertiary/aromatic N) is 4. The van der Waals surface area contributed by atoms with E-state index in [1.165, 1.54) is 16.4 Å². The van der Waals surface area contributed by atoms with Gasteiger partial charge in [-0.15, -0.1) is 0 Å². The van der Waals surface area contributed by atoms with Gasteiger partial charge < -0.3 is 24.0 Å². The molecule has 0 spiro atoms. The molecule has 192 valence electrons. The molecule has 5 rings (SSSR count). The largest absolute Gasteiger partial charge is 0.495 e. The molecule has 3 aromatic rings. The lowest BCUT2D eigenvalue weighted by Crippen LogP contribution is -2.48. The first-order chi connectivity index (χ1) is 17.4. The van der Waals surface area contributed by atoms with Gasteiger partial charge in [0, 0.05) is 44.8 Å². The van der Waals surface area contributed by atoms with Gasteiger partial charge in [0.15, 0.2) is 5.13 Å². The number of benzene rings is 2. The lowest BCUT2D eigenvalue weighted by Gasteiger charge is -2.34. The maximum Gasteiger partial charge on any atom is 0.253 e. The minimum Gasteiger partial charge on any atom is -0.495 e. The smallest absolute Gasteiger partial charge is 0.253 e. The van der Waals surface area contributed by atoms with Crippen LogP contribution in [0.3, 0.4) is 0 Å². The highest BCUT2D eigenvalue weighted by molar-refractivity contribution is 7.89. The first-order valence-electron chi connectivity index (χ1n) is 11.7. The highest BCUT2D eigenvalue weighted by Gasteiger charge is 2.28. The fraction of sp³-hybridized carbons (Fsp3) is 0.417. The molecule has 0 atom stereocenters. The Morgan fingerprint density at radius 2 is 1.56 bits per heavy atom. The second kappa shape index (κ2) is 10.2. The summed E-state index contributed by atoms with van der Waals surface area (Å²) in [7, 11) is -0.336. The molecule has 2 aromatic carbocycles. The predicted octanol–water partition coefficient (Wildman–Crippen LogP) is 2.30. The van der Waals surface area contributed by atoms with Crippen LogP contribution in [-0.4, -0.2) is 95.2 Å². The third kappa shape index (κ3) is 4.61. The summed E-state index contributed by atoms with van der Waals surface area (Å²) < 4.78 is 44.2. The van der Waals surface area contributed by atoms with Crippen LogP contribution >= 0.6 is 11.3 Å². The average Bonchev–Trinajstić information content (AvgIpc) is 3.38. The van der Waals surface area contributed by atoms with Gasteiger partial charge in [-0.1, -0.05) is 11.3 Å². The lowest BCUT2D eigenvalue weighted by molar-refractivity contribution is 0.0730. The van der Waals surface area contributed by atoms with E-state index < -0.39 is 10.0 Å². The monoisotopic (exact) mass is 532 g/mol. The molecule has 0 N–H and O–H groups in total. The van der Waals surface area contributed by atoms with Crippen LogP contribution in [0.2, 0.25) is 0 Å². The quantitative estimate of drug-likeness (QED) is 0.477. The van der Waals surface area contributed by atoms with E-state index in [4.69, 9.17) is 19.2 Å². The van der Waals surface area contributed by atoms with E-state index in [0.717, 1.165) is 21.1 Å². The van der Waals surface area contributed by atoms with Crippen molar-refractivity contribution in [3.05, 3.63) is 42.0 Å². The number of anilines is 1. The number of ether oxygens (including phenoxy) is 3. The summed E-state index contributed by atoms with van der Waals surface area (Å²) in [5, 5.41) is 0.859. The number of aromatic nitrogens is 1. The Labute approximate surface area is 214 Å². The van der Waals surface area contributed by atoms with Gasteiger partial charge in [-0.3, -0.25) is 4.79 Å². The van der Waals surface area contributed by atoms with Crippen molar-refractivity contribution < 1.29 is 27.4 Å². The number of carbonyl (C=O) groups excluding carboxylic acids is 1. The van der Waals surface area contributed by atoms with E-state index >= 15 is 0 Å². The maximum atomic E-state index is 13.1. The SMILES string of the molecule is COc1ccc(OC)c2sc(N3CCN(C(=O)c4ccc(S(=O)(=O)N5CCOCC5)cc4)CC3)nc12. The fourth-order valence-electron chi connectivity index (χ4n) is 4.40. The molecular weight excluding hydrogens is 504 g/mol. The summed E-state index contributed by atoms with van der Waals surface area (Å²) in [5.74, 6) is 1.33. The summed E-state index contributed by atoms with van der Waals surface area (Å²) in [4.78, 5) is 22.0. The number of piperazine rings is 1. The van der Waals surface area contributed by atoms with Gasteiger partial charge in [0.2, 0.25) is 10.0 Å². The van der Waals surface area contributed by atoms with Gasteiger partial charge >= 0.3 is 0 Å². The maximum absolute atomic E-state index is 13.1. The van der Waals surface area contributed by atoms with Crippen molar-refractivity contribution in [3.63, 3.8) is 0 Å². The Morgan fingerprint density at radius 3 is 2.19 bits per heavy atom. The molecule has 2 fully saturated rings. The van der Waals surface area contributed by atoms with Crippen LogP contribution in [0.4, 0.5) is 5.13 Å². The number of thiazole rings is 1. The summed E-state index contributed by atoms with van der Waals surface area (Å²) in [6, 6.07) is 9.92. The Morgan fingerprint density at radius 1 is 0.917 bits per heavy atom. The first-order valence-corrected chi connectivity index (χ1v) is 13.9. The predicted molar refractivity (Wildman–Crippen MR) is 137 cm³/mol. The van der Waals surface area contributed by atoms with Gasteiger partial charge in [0.05, 0.1) is 32.3 Å². The molecule has 0 radical (unpaired) electrons.